The van der Waals surface area contributed by atoms with Crippen molar-refractivity contribution in [3.63, 3.8) is 0 Å². The number of rotatable bonds is 5. The third kappa shape index (κ3) is 4.54. The molecule has 1 aliphatic heterocycles. The van der Waals surface area contributed by atoms with Crippen LogP contribution in [-0.4, -0.2) is 37.7 Å². The van der Waals surface area contributed by atoms with Gasteiger partial charge in [0.15, 0.2) is 11.6 Å². The number of benzene rings is 1. The molecule has 2 N–H and O–H groups in total. The monoisotopic (exact) mass is 397 g/mol. The van der Waals surface area contributed by atoms with E-state index in [2.05, 4.69) is 9.71 Å². The standard InChI is InChI=1S/C18H21F2N3O3S/c1-12(24)13-6-8-23(9-7-13)18-5-3-15(11-21-18)27(25,26)22-14-2-4-16(19)17(20)10-14/h2-5,10-13,22,24H,6-9H2,1H3. The Morgan fingerprint density at radius 2 is 1.89 bits per heavy atom. The Bertz CT molecular complexity index is 897. The lowest BCUT2D eigenvalue weighted by molar-refractivity contribution is 0.110. The van der Waals surface area contributed by atoms with Crippen LogP contribution in [0.15, 0.2) is 41.4 Å². The summed E-state index contributed by atoms with van der Waals surface area (Å²) in [6.45, 7) is 3.27. The first-order valence-electron chi connectivity index (χ1n) is 8.63. The first kappa shape index (κ1) is 19.5. The molecule has 1 atom stereocenters. The van der Waals surface area contributed by atoms with Gasteiger partial charge in [0.05, 0.1) is 11.8 Å². The minimum atomic E-state index is -3.96. The predicted molar refractivity (Wildman–Crippen MR) is 98.0 cm³/mol. The number of nitrogens with one attached hydrogen (secondary N) is 1. The summed E-state index contributed by atoms with van der Waals surface area (Å²) < 4.78 is 53.2. The summed E-state index contributed by atoms with van der Waals surface area (Å²) in [5, 5.41) is 9.66. The Morgan fingerprint density at radius 1 is 1.19 bits per heavy atom. The zero-order chi connectivity index (χ0) is 19.6. The second-order valence-corrected chi connectivity index (χ2v) is 8.33. The van der Waals surface area contributed by atoms with Crippen molar-refractivity contribution in [2.24, 2.45) is 5.92 Å². The fourth-order valence-electron chi connectivity index (χ4n) is 3.10. The summed E-state index contributed by atoms with van der Waals surface area (Å²) in [6.07, 6.45) is 2.59. The van der Waals surface area contributed by atoms with Crippen molar-refractivity contribution >= 4 is 21.5 Å². The number of aliphatic hydroxyl groups excluding tert-OH is 1. The molecule has 0 aliphatic carbocycles. The van der Waals surface area contributed by atoms with Crippen molar-refractivity contribution in [3.05, 3.63) is 48.2 Å². The van der Waals surface area contributed by atoms with Crippen LogP contribution in [0.3, 0.4) is 0 Å². The van der Waals surface area contributed by atoms with Crippen LogP contribution in [0.5, 0.6) is 0 Å². The molecule has 1 fully saturated rings. The van der Waals surface area contributed by atoms with Gasteiger partial charge in [0, 0.05) is 25.4 Å². The molecule has 1 saturated heterocycles. The second-order valence-electron chi connectivity index (χ2n) is 6.65. The third-order valence-electron chi connectivity index (χ3n) is 4.75. The molecule has 146 valence electrons. The number of piperidine rings is 1. The maximum absolute atomic E-state index is 13.2. The van der Waals surface area contributed by atoms with Gasteiger partial charge in [0.25, 0.3) is 10.0 Å². The normalized spacial score (nSPS) is 17.0. The fraction of sp³-hybridized carbons (Fsp3) is 0.389. The number of nitrogens with zero attached hydrogens (tertiary/aromatic N) is 2. The molecule has 1 aromatic heterocycles. The van der Waals surface area contributed by atoms with E-state index in [4.69, 9.17) is 0 Å². The summed E-state index contributed by atoms with van der Waals surface area (Å²) >= 11 is 0. The molecule has 3 rings (SSSR count). The largest absolute Gasteiger partial charge is 0.393 e. The van der Waals surface area contributed by atoms with Gasteiger partial charge in [-0.1, -0.05) is 0 Å². The number of halogens is 2. The second kappa shape index (κ2) is 7.77. The summed E-state index contributed by atoms with van der Waals surface area (Å²) in [5.41, 5.74) is -0.0711. The van der Waals surface area contributed by atoms with E-state index in [1.807, 2.05) is 4.90 Å². The number of hydrogen-bond donors (Lipinski definition) is 2. The number of aromatic nitrogens is 1. The zero-order valence-corrected chi connectivity index (χ0v) is 15.6. The van der Waals surface area contributed by atoms with Crippen LogP contribution in [0, 0.1) is 17.6 Å². The van der Waals surface area contributed by atoms with Gasteiger partial charge in [-0.05, 0) is 49.9 Å². The fourth-order valence-corrected chi connectivity index (χ4v) is 4.10. The van der Waals surface area contributed by atoms with Crippen LogP contribution >= 0.6 is 0 Å². The number of pyridine rings is 1. The maximum atomic E-state index is 13.2. The van der Waals surface area contributed by atoms with Gasteiger partial charge < -0.3 is 10.0 Å². The van der Waals surface area contributed by atoms with Gasteiger partial charge in [-0.15, -0.1) is 0 Å². The van der Waals surface area contributed by atoms with Crippen LogP contribution in [0.25, 0.3) is 0 Å². The Balaban J connectivity index is 1.70. The lowest BCUT2D eigenvalue weighted by Crippen LogP contribution is -2.37. The van der Waals surface area contributed by atoms with Crippen LogP contribution < -0.4 is 9.62 Å². The van der Waals surface area contributed by atoms with E-state index in [1.54, 1.807) is 13.0 Å². The van der Waals surface area contributed by atoms with Crippen LogP contribution in [0.2, 0.25) is 0 Å². The Kier molecular flexibility index (Phi) is 5.61. The average Bonchev–Trinajstić information content (AvgIpc) is 2.65. The minimum Gasteiger partial charge on any atom is -0.393 e. The molecule has 9 heteroatoms. The molecule has 1 aromatic carbocycles. The van der Waals surface area contributed by atoms with Crippen molar-refractivity contribution in [1.29, 1.82) is 0 Å². The van der Waals surface area contributed by atoms with Gasteiger partial charge in [0.1, 0.15) is 10.7 Å². The van der Waals surface area contributed by atoms with Gasteiger partial charge in [-0.3, -0.25) is 4.72 Å². The quantitative estimate of drug-likeness (QED) is 0.811. The van der Waals surface area contributed by atoms with Gasteiger partial charge in [0.2, 0.25) is 0 Å². The van der Waals surface area contributed by atoms with Crippen molar-refractivity contribution in [3.8, 4) is 0 Å². The molecule has 0 amide bonds. The molecule has 6 nitrogen and oxygen atoms in total. The summed E-state index contributed by atoms with van der Waals surface area (Å²) in [5.74, 6) is -1.26. The van der Waals surface area contributed by atoms with Crippen LogP contribution in [0.1, 0.15) is 19.8 Å². The Morgan fingerprint density at radius 3 is 2.44 bits per heavy atom. The molecular formula is C18H21F2N3O3S. The van der Waals surface area contributed by atoms with Crippen molar-refractivity contribution < 1.29 is 22.3 Å². The van der Waals surface area contributed by atoms with E-state index >= 15 is 0 Å². The highest BCUT2D eigenvalue weighted by Crippen LogP contribution is 2.25. The molecule has 1 aliphatic rings. The first-order valence-corrected chi connectivity index (χ1v) is 10.1. The number of anilines is 2. The molecule has 0 bridgehead atoms. The Labute approximate surface area is 156 Å². The molecule has 2 heterocycles. The van der Waals surface area contributed by atoms with E-state index in [9.17, 15) is 22.3 Å². The van der Waals surface area contributed by atoms with E-state index in [1.165, 1.54) is 12.3 Å². The van der Waals surface area contributed by atoms with E-state index < -0.39 is 21.7 Å². The molecule has 0 spiro atoms. The van der Waals surface area contributed by atoms with E-state index in [0.717, 1.165) is 44.1 Å². The predicted octanol–water partition coefficient (Wildman–Crippen LogP) is 2.76. The summed E-state index contributed by atoms with van der Waals surface area (Å²) in [4.78, 5) is 6.19. The molecule has 0 radical (unpaired) electrons. The highest BCUT2D eigenvalue weighted by molar-refractivity contribution is 7.92. The van der Waals surface area contributed by atoms with Gasteiger partial charge in [-0.2, -0.15) is 0 Å². The SMILES string of the molecule is CC(O)C1CCN(c2ccc(S(=O)(=O)Nc3ccc(F)c(F)c3)cn2)CC1. The smallest absolute Gasteiger partial charge is 0.263 e. The molecular weight excluding hydrogens is 376 g/mol. The van der Waals surface area contributed by atoms with Crippen molar-refractivity contribution in [2.45, 2.75) is 30.8 Å². The molecule has 1 unspecified atom stereocenters. The number of sulfonamides is 1. The summed E-state index contributed by atoms with van der Waals surface area (Å²) in [7, 11) is -3.96. The Hall–Kier alpha value is -2.26. The van der Waals surface area contributed by atoms with Gasteiger partial charge in [-0.25, -0.2) is 22.2 Å². The van der Waals surface area contributed by atoms with E-state index in [0.29, 0.717) is 5.82 Å². The highest BCUT2D eigenvalue weighted by atomic mass is 32.2. The van der Waals surface area contributed by atoms with E-state index in [-0.39, 0.29) is 22.6 Å². The third-order valence-corrected chi connectivity index (χ3v) is 6.12. The van der Waals surface area contributed by atoms with Crippen molar-refractivity contribution in [2.75, 3.05) is 22.7 Å². The zero-order valence-electron chi connectivity index (χ0n) is 14.8. The maximum Gasteiger partial charge on any atom is 0.263 e. The highest BCUT2D eigenvalue weighted by Gasteiger charge is 2.24. The number of hydrogen-bond acceptors (Lipinski definition) is 5. The van der Waals surface area contributed by atoms with Crippen LogP contribution in [-0.2, 0) is 10.0 Å². The average molecular weight is 397 g/mol. The molecule has 27 heavy (non-hydrogen) atoms. The molecule has 2 aromatic rings. The van der Waals surface area contributed by atoms with Crippen LogP contribution in [0.4, 0.5) is 20.3 Å². The number of aliphatic hydroxyl groups is 1. The topological polar surface area (TPSA) is 82.5 Å². The first-order chi connectivity index (χ1) is 12.8. The van der Waals surface area contributed by atoms with Crippen molar-refractivity contribution in [1.82, 2.24) is 4.98 Å². The minimum absolute atomic E-state index is 0.0711. The summed E-state index contributed by atoms with van der Waals surface area (Å²) in [6, 6.07) is 5.81. The lowest BCUT2D eigenvalue weighted by Gasteiger charge is -2.34. The lowest BCUT2D eigenvalue weighted by atomic mass is 9.92. The molecule has 0 saturated carbocycles. The van der Waals surface area contributed by atoms with Gasteiger partial charge >= 0.3 is 0 Å².